The van der Waals surface area contributed by atoms with Crippen molar-refractivity contribution in [3.05, 3.63) is 35.9 Å². The largest absolute Gasteiger partial charge is 0.359 e. The molecule has 0 spiro atoms. The average molecular weight is 248 g/mol. The van der Waals surface area contributed by atoms with Crippen molar-refractivity contribution in [1.29, 1.82) is 0 Å². The Labute approximate surface area is 108 Å². The molecule has 1 heterocycles. The van der Waals surface area contributed by atoms with Crippen LogP contribution in [0.2, 0.25) is 0 Å². The van der Waals surface area contributed by atoms with E-state index in [1.54, 1.807) is 0 Å². The molecule has 0 amide bonds. The number of thioether (sulfide) groups is 1. The molecule has 0 saturated carbocycles. The van der Waals surface area contributed by atoms with E-state index in [4.69, 9.17) is 0 Å². The minimum absolute atomic E-state index is 0.194. The molecule has 0 aromatic heterocycles. The van der Waals surface area contributed by atoms with Crippen molar-refractivity contribution in [2.75, 3.05) is 12.3 Å². The summed E-state index contributed by atoms with van der Waals surface area (Å²) in [4.78, 5) is 4.66. The van der Waals surface area contributed by atoms with E-state index in [0.717, 1.165) is 17.5 Å². The fourth-order valence-electron chi connectivity index (χ4n) is 1.80. The molecule has 0 radical (unpaired) electrons. The van der Waals surface area contributed by atoms with Gasteiger partial charge in [-0.3, -0.25) is 4.99 Å². The van der Waals surface area contributed by atoms with Crippen LogP contribution >= 0.6 is 11.8 Å². The number of rotatable bonds is 3. The molecule has 1 fully saturated rings. The highest BCUT2D eigenvalue weighted by atomic mass is 32.2. The first-order valence-corrected chi connectivity index (χ1v) is 7.06. The van der Waals surface area contributed by atoms with Crippen LogP contribution in [0.5, 0.6) is 0 Å². The Hall–Kier alpha value is -0.960. The monoisotopic (exact) mass is 248 g/mol. The molecule has 1 unspecified atom stereocenters. The number of hydrogen-bond acceptors (Lipinski definition) is 2. The Balaban J connectivity index is 1.93. The van der Waals surface area contributed by atoms with Gasteiger partial charge in [0.1, 0.15) is 0 Å². The second-order valence-corrected chi connectivity index (χ2v) is 6.22. The smallest absolute Gasteiger partial charge is 0.157 e. The zero-order valence-electron chi connectivity index (χ0n) is 10.7. The van der Waals surface area contributed by atoms with Crippen LogP contribution in [-0.2, 0) is 0 Å². The molecule has 1 N–H and O–H groups in total. The molecule has 0 aliphatic carbocycles. The minimum atomic E-state index is 0.194. The van der Waals surface area contributed by atoms with E-state index in [9.17, 15) is 0 Å². The van der Waals surface area contributed by atoms with Crippen molar-refractivity contribution in [2.45, 2.75) is 32.2 Å². The van der Waals surface area contributed by atoms with Crippen LogP contribution in [0.15, 0.2) is 35.3 Å². The van der Waals surface area contributed by atoms with Gasteiger partial charge in [0.2, 0.25) is 0 Å². The number of benzene rings is 1. The number of aliphatic imine (C=N–C) groups is 1. The van der Waals surface area contributed by atoms with Crippen LogP contribution < -0.4 is 5.32 Å². The van der Waals surface area contributed by atoms with Gasteiger partial charge in [-0.05, 0) is 19.4 Å². The Morgan fingerprint density at radius 2 is 2.06 bits per heavy atom. The standard InChI is InChI=1S/C14H20N2S/c1-11(12-7-5-4-6-8-12)9-15-13-16-14(2,3)10-17-13/h4-8,11H,9-10H2,1-3H3,(H,15,16). The molecule has 17 heavy (non-hydrogen) atoms. The lowest BCUT2D eigenvalue weighted by Crippen LogP contribution is -2.37. The van der Waals surface area contributed by atoms with Gasteiger partial charge in [0.05, 0.1) is 0 Å². The molecule has 1 saturated heterocycles. The molecule has 1 atom stereocenters. The van der Waals surface area contributed by atoms with Gasteiger partial charge < -0.3 is 5.32 Å². The Morgan fingerprint density at radius 1 is 1.35 bits per heavy atom. The third-order valence-corrected chi connectivity index (χ3v) is 4.26. The van der Waals surface area contributed by atoms with Crippen molar-refractivity contribution in [2.24, 2.45) is 4.99 Å². The van der Waals surface area contributed by atoms with E-state index >= 15 is 0 Å². The highest BCUT2D eigenvalue weighted by Crippen LogP contribution is 2.23. The van der Waals surface area contributed by atoms with Crippen LogP contribution in [0.25, 0.3) is 0 Å². The van der Waals surface area contributed by atoms with Crippen LogP contribution in [0.1, 0.15) is 32.3 Å². The topological polar surface area (TPSA) is 24.4 Å². The summed E-state index contributed by atoms with van der Waals surface area (Å²) in [6, 6.07) is 10.6. The van der Waals surface area contributed by atoms with Crippen molar-refractivity contribution in [1.82, 2.24) is 5.32 Å². The molecule has 1 aromatic carbocycles. The lowest BCUT2D eigenvalue weighted by molar-refractivity contribution is 0.536. The Morgan fingerprint density at radius 3 is 2.65 bits per heavy atom. The third-order valence-electron chi connectivity index (χ3n) is 2.89. The first kappa shape index (κ1) is 12.5. The van der Waals surface area contributed by atoms with Crippen molar-refractivity contribution < 1.29 is 0 Å². The summed E-state index contributed by atoms with van der Waals surface area (Å²) in [6.07, 6.45) is 0. The van der Waals surface area contributed by atoms with Crippen molar-refractivity contribution >= 4 is 16.9 Å². The van der Waals surface area contributed by atoms with E-state index in [-0.39, 0.29) is 5.54 Å². The van der Waals surface area contributed by atoms with Crippen LogP contribution in [-0.4, -0.2) is 23.0 Å². The molecule has 92 valence electrons. The maximum atomic E-state index is 4.66. The summed E-state index contributed by atoms with van der Waals surface area (Å²) in [5.74, 6) is 1.58. The van der Waals surface area contributed by atoms with Crippen LogP contribution in [0, 0.1) is 0 Å². The zero-order chi connectivity index (χ0) is 12.3. The van der Waals surface area contributed by atoms with Crippen LogP contribution in [0.3, 0.4) is 0 Å². The SMILES string of the molecule is CC(CN=C1NC(C)(C)CS1)c1ccccc1. The van der Waals surface area contributed by atoms with Gasteiger partial charge in [-0.15, -0.1) is 0 Å². The summed E-state index contributed by atoms with van der Waals surface area (Å²) in [5.41, 5.74) is 1.55. The van der Waals surface area contributed by atoms with Gasteiger partial charge >= 0.3 is 0 Å². The van der Waals surface area contributed by atoms with Gasteiger partial charge in [-0.25, -0.2) is 0 Å². The van der Waals surface area contributed by atoms with E-state index in [2.05, 4.69) is 61.4 Å². The molecule has 1 aliphatic heterocycles. The molecule has 1 aromatic rings. The van der Waals surface area contributed by atoms with E-state index < -0.39 is 0 Å². The maximum absolute atomic E-state index is 4.66. The Bertz CT molecular complexity index is 398. The molecular formula is C14H20N2S. The van der Waals surface area contributed by atoms with E-state index in [0.29, 0.717) is 5.92 Å². The molecule has 0 bridgehead atoms. The minimum Gasteiger partial charge on any atom is -0.359 e. The Kier molecular flexibility index (Phi) is 3.77. The molecule has 2 rings (SSSR count). The zero-order valence-corrected chi connectivity index (χ0v) is 11.6. The number of nitrogens with one attached hydrogen (secondary N) is 1. The van der Waals surface area contributed by atoms with E-state index in [1.165, 1.54) is 5.56 Å². The summed E-state index contributed by atoms with van der Waals surface area (Å²) < 4.78 is 0. The fraction of sp³-hybridized carbons (Fsp3) is 0.500. The summed E-state index contributed by atoms with van der Waals surface area (Å²) in [7, 11) is 0. The fourth-order valence-corrected chi connectivity index (χ4v) is 2.89. The highest BCUT2D eigenvalue weighted by molar-refractivity contribution is 8.14. The predicted molar refractivity (Wildman–Crippen MR) is 76.8 cm³/mol. The van der Waals surface area contributed by atoms with Gasteiger partial charge in [0, 0.05) is 23.8 Å². The van der Waals surface area contributed by atoms with E-state index in [1.807, 2.05) is 11.8 Å². The van der Waals surface area contributed by atoms with Crippen molar-refractivity contribution in [3.8, 4) is 0 Å². The molecular weight excluding hydrogens is 228 g/mol. The first-order valence-electron chi connectivity index (χ1n) is 6.07. The molecule has 2 nitrogen and oxygen atoms in total. The average Bonchev–Trinajstić information content (AvgIpc) is 2.67. The lowest BCUT2D eigenvalue weighted by atomic mass is 10.0. The second-order valence-electron chi connectivity index (χ2n) is 5.26. The number of amidine groups is 1. The highest BCUT2D eigenvalue weighted by Gasteiger charge is 2.27. The predicted octanol–water partition coefficient (Wildman–Crippen LogP) is 3.26. The molecule has 3 heteroatoms. The van der Waals surface area contributed by atoms with Crippen LogP contribution in [0.4, 0.5) is 0 Å². The van der Waals surface area contributed by atoms with Gasteiger partial charge in [0.15, 0.2) is 5.17 Å². The molecule has 1 aliphatic rings. The third kappa shape index (κ3) is 3.50. The number of nitrogens with zero attached hydrogens (tertiary/aromatic N) is 1. The summed E-state index contributed by atoms with van der Waals surface area (Å²) in [6.45, 7) is 7.51. The summed E-state index contributed by atoms with van der Waals surface area (Å²) >= 11 is 1.83. The maximum Gasteiger partial charge on any atom is 0.157 e. The number of hydrogen-bond donors (Lipinski definition) is 1. The van der Waals surface area contributed by atoms with Gasteiger partial charge in [-0.2, -0.15) is 0 Å². The second kappa shape index (κ2) is 5.13. The van der Waals surface area contributed by atoms with Gasteiger partial charge in [-0.1, -0.05) is 49.0 Å². The van der Waals surface area contributed by atoms with Crippen molar-refractivity contribution in [3.63, 3.8) is 0 Å². The normalized spacial score (nSPS) is 22.4. The summed E-state index contributed by atoms with van der Waals surface area (Å²) in [5, 5.41) is 4.55. The van der Waals surface area contributed by atoms with Gasteiger partial charge in [0.25, 0.3) is 0 Å². The first-order chi connectivity index (χ1) is 8.07. The quantitative estimate of drug-likeness (QED) is 0.888. The lowest BCUT2D eigenvalue weighted by Gasteiger charge is -2.16.